The smallest absolute Gasteiger partial charge is 0.251 e. The lowest BCUT2D eigenvalue weighted by atomic mass is 10.2. The number of amides is 1. The number of rotatable bonds is 6. The summed E-state index contributed by atoms with van der Waals surface area (Å²) in [6, 6.07) is 10.6. The third-order valence-corrected chi connectivity index (χ3v) is 4.36. The minimum atomic E-state index is -0.131. The Morgan fingerprint density at radius 2 is 2.04 bits per heavy atom. The van der Waals surface area contributed by atoms with Crippen molar-refractivity contribution in [1.82, 2.24) is 15.3 Å². The van der Waals surface area contributed by atoms with Crippen molar-refractivity contribution in [1.29, 1.82) is 0 Å². The Balaban J connectivity index is 1.57. The molecule has 0 aliphatic heterocycles. The molecule has 2 aromatic heterocycles. The van der Waals surface area contributed by atoms with E-state index in [2.05, 4.69) is 22.2 Å². The molecule has 0 aliphatic carbocycles. The van der Waals surface area contributed by atoms with Crippen molar-refractivity contribution in [2.75, 3.05) is 0 Å². The molecular weight excluding hydrogens is 322 g/mol. The van der Waals surface area contributed by atoms with E-state index in [0.717, 1.165) is 17.1 Å². The summed E-state index contributed by atoms with van der Waals surface area (Å²) >= 11 is 1.62. The fraction of sp³-hybridized carbons (Fsp3) is 0.167. The van der Waals surface area contributed by atoms with Gasteiger partial charge in [0.2, 0.25) is 0 Å². The minimum absolute atomic E-state index is 0.131. The maximum absolute atomic E-state index is 12.2. The van der Waals surface area contributed by atoms with E-state index in [-0.39, 0.29) is 5.91 Å². The molecule has 0 bridgehead atoms. The van der Waals surface area contributed by atoms with E-state index >= 15 is 0 Å². The van der Waals surface area contributed by atoms with Gasteiger partial charge in [0.1, 0.15) is 11.5 Å². The number of nitrogens with one attached hydrogen (secondary N) is 1. The van der Waals surface area contributed by atoms with Crippen LogP contribution in [0.4, 0.5) is 0 Å². The molecular formula is C18H17N3O2S. The van der Waals surface area contributed by atoms with Gasteiger partial charge in [0.15, 0.2) is 0 Å². The lowest BCUT2D eigenvalue weighted by Crippen LogP contribution is -2.22. The van der Waals surface area contributed by atoms with Crippen LogP contribution in [0.1, 0.15) is 28.0 Å². The maximum atomic E-state index is 12.2. The van der Waals surface area contributed by atoms with Crippen LogP contribution in [0.25, 0.3) is 0 Å². The molecule has 2 heterocycles. The molecule has 3 aromatic rings. The minimum Gasteiger partial charge on any atom is -0.456 e. The average Bonchev–Trinajstić information content (AvgIpc) is 3.09. The van der Waals surface area contributed by atoms with Crippen LogP contribution in [0.2, 0.25) is 0 Å². The molecule has 1 amide bonds. The number of hydrogen-bond acceptors (Lipinski definition) is 5. The predicted molar refractivity (Wildman–Crippen MR) is 93.4 cm³/mol. The molecule has 0 aliphatic rings. The highest BCUT2D eigenvalue weighted by Gasteiger charge is 2.07. The molecule has 3 rings (SSSR count). The first kappa shape index (κ1) is 16.1. The van der Waals surface area contributed by atoms with Crippen LogP contribution in [0.3, 0.4) is 0 Å². The van der Waals surface area contributed by atoms with Crippen LogP contribution in [0, 0.1) is 0 Å². The van der Waals surface area contributed by atoms with Gasteiger partial charge < -0.3 is 10.1 Å². The molecule has 0 saturated carbocycles. The second-order valence-electron chi connectivity index (χ2n) is 5.08. The molecule has 0 saturated heterocycles. The number of hydrogen-bond donors (Lipinski definition) is 1. The highest BCUT2D eigenvalue weighted by molar-refractivity contribution is 7.09. The second kappa shape index (κ2) is 7.70. The Bertz CT molecular complexity index is 801. The van der Waals surface area contributed by atoms with Crippen molar-refractivity contribution >= 4 is 17.2 Å². The zero-order valence-electron chi connectivity index (χ0n) is 13.2. The molecule has 0 spiro atoms. The molecule has 1 N–H and O–H groups in total. The Labute approximate surface area is 144 Å². The summed E-state index contributed by atoms with van der Waals surface area (Å²) in [6.45, 7) is 2.50. The highest BCUT2D eigenvalue weighted by atomic mass is 32.1. The zero-order chi connectivity index (χ0) is 16.8. The normalized spacial score (nSPS) is 10.4. The van der Waals surface area contributed by atoms with Crippen LogP contribution in [0.15, 0.2) is 54.2 Å². The van der Waals surface area contributed by atoms with Crippen molar-refractivity contribution in [2.24, 2.45) is 0 Å². The van der Waals surface area contributed by atoms with E-state index < -0.39 is 0 Å². The summed E-state index contributed by atoms with van der Waals surface area (Å²) in [5, 5.41) is 5.93. The Morgan fingerprint density at radius 3 is 2.71 bits per heavy atom. The van der Waals surface area contributed by atoms with E-state index in [0.29, 0.717) is 23.6 Å². The number of aromatic nitrogens is 2. The lowest BCUT2D eigenvalue weighted by Gasteiger charge is -2.07. The number of aryl methyl sites for hydroxylation is 1. The SMILES string of the molecule is CCc1nc(CNC(=O)c2ccc(Oc3cccnc3)cc2)cs1. The molecule has 0 fully saturated rings. The average molecular weight is 339 g/mol. The lowest BCUT2D eigenvalue weighted by molar-refractivity contribution is 0.0950. The number of pyridine rings is 1. The van der Waals surface area contributed by atoms with Crippen LogP contribution in [-0.4, -0.2) is 15.9 Å². The van der Waals surface area contributed by atoms with E-state index in [1.807, 2.05) is 11.4 Å². The summed E-state index contributed by atoms with van der Waals surface area (Å²) in [6.07, 6.45) is 4.24. The highest BCUT2D eigenvalue weighted by Crippen LogP contribution is 2.20. The van der Waals surface area contributed by atoms with Gasteiger partial charge in [-0.3, -0.25) is 9.78 Å². The van der Waals surface area contributed by atoms with Crippen molar-refractivity contribution < 1.29 is 9.53 Å². The molecule has 0 radical (unpaired) electrons. The van der Waals surface area contributed by atoms with Crippen molar-refractivity contribution in [3.63, 3.8) is 0 Å². The van der Waals surface area contributed by atoms with Gasteiger partial charge in [-0.15, -0.1) is 11.3 Å². The topological polar surface area (TPSA) is 64.1 Å². The van der Waals surface area contributed by atoms with Crippen molar-refractivity contribution in [3.8, 4) is 11.5 Å². The number of benzene rings is 1. The Kier molecular flexibility index (Phi) is 5.18. The molecule has 24 heavy (non-hydrogen) atoms. The van der Waals surface area contributed by atoms with Crippen molar-refractivity contribution in [2.45, 2.75) is 19.9 Å². The Morgan fingerprint density at radius 1 is 1.21 bits per heavy atom. The molecule has 122 valence electrons. The first-order valence-corrected chi connectivity index (χ1v) is 8.52. The fourth-order valence-electron chi connectivity index (χ4n) is 2.08. The van der Waals surface area contributed by atoms with E-state index in [4.69, 9.17) is 4.74 Å². The van der Waals surface area contributed by atoms with Gasteiger partial charge in [0, 0.05) is 17.1 Å². The molecule has 0 unspecified atom stereocenters. The van der Waals surface area contributed by atoms with Crippen LogP contribution in [0.5, 0.6) is 11.5 Å². The first-order chi connectivity index (χ1) is 11.7. The van der Waals surface area contributed by atoms with E-state index in [9.17, 15) is 4.79 Å². The summed E-state index contributed by atoms with van der Waals surface area (Å²) in [5.74, 6) is 1.19. The van der Waals surface area contributed by atoms with Gasteiger partial charge in [-0.05, 0) is 42.8 Å². The summed E-state index contributed by atoms with van der Waals surface area (Å²) in [5.41, 5.74) is 1.47. The fourth-order valence-corrected chi connectivity index (χ4v) is 2.83. The number of nitrogens with zero attached hydrogens (tertiary/aromatic N) is 2. The largest absolute Gasteiger partial charge is 0.456 e. The van der Waals surface area contributed by atoms with Gasteiger partial charge >= 0.3 is 0 Å². The maximum Gasteiger partial charge on any atom is 0.251 e. The first-order valence-electron chi connectivity index (χ1n) is 7.64. The number of thiazole rings is 1. The molecule has 5 nitrogen and oxygen atoms in total. The monoisotopic (exact) mass is 339 g/mol. The standard InChI is InChI=1S/C18H17N3O2S/c1-2-17-21-14(12-24-17)10-20-18(22)13-5-7-15(8-6-13)23-16-4-3-9-19-11-16/h3-9,11-12H,2,10H2,1H3,(H,20,22). The zero-order valence-corrected chi connectivity index (χ0v) is 14.0. The number of carbonyl (C=O) groups is 1. The van der Waals surface area contributed by atoms with Crippen molar-refractivity contribution in [3.05, 3.63) is 70.4 Å². The molecule has 6 heteroatoms. The van der Waals surface area contributed by atoms with Crippen LogP contribution < -0.4 is 10.1 Å². The van der Waals surface area contributed by atoms with Gasteiger partial charge in [0.25, 0.3) is 5.91 Å². The molecule has 1 aromatic carbocycles. The predicted octanol–water partition coefficient (Wildman–Crippen LogP) is 3.82. The van der Waals surface area contributed by atoms with Crippen LogP contribution >= 0.6 is 11.3 Å². The van der Waals surface area contributed by atoms with Gasteiger partial charge in [-0.1, -0.05) is 6.92 Å². The third-order valence-electron chi connectivity index (χ3n) is 3.32. The van der Waals surface area contributed by atoms with Gasteiger partial charge in [0.05, 0.1) is 23.4 Å². The van der Waals surface area contributed by atoms with Gasteiger partial charge in [-0.25, -0.2) is 4.98 Å². The van der Waals surface area contributed by atoms with Gasteiger partial charge in [-0.2, -0.15) is 0 Å². The quantitative estimate of drug-likeness (QED) is 0.741. The summed E-state index contributed by atoms with van der Waals surface area (Å²) in [4.78, 5) is 20.6. The Hall–Kier alpha value is -2.73. The summed E-state index contributed by atoms with van der Waals surface area (Å²) in [7, 11) is 0. The third kappa shape index (κ3) is 4.17. The van der Waals surface area contributed by atoms with E-state index in [1.165, 1.54) is 0 Å². The van der Waals surface area contributed by atoms with Crippen LogP contribution in [-0.2, 0) is 13.0 Å². The summed E-state index contributed by atoms with van der Waals surface area (Å²) < 4.78 is 5.65. The van der Waals surface area contributed by atoms with E-state index in [1.54, 1.807) is 54.1 Å². The second-order valence-corrected chi connectivity index (χ2v) is 6.03. The molecule has 0 atom stereocenters. The number of ether oxygens (including phenoxy) is 1. The number of carbonyl (C=O) groups excluding carboxylic acids is 1.